The minimum absolute atomic E-state index is 0.00923. The number of thioether (sulfide) groups is 1. The van der Waals surface area contributed by atoms with Crippen molar-refractivity contribution in [2.45, 2.75) is 38.4 Å². The van der Waals surface area contributed by atoms with E-state index >= 15 is 0 Å². The number of para-hydroxylation sites is 1. The molecule has 0 bridgehead atoms. The lowest BCUT2D eigenvalue weighted by atomic mass is 10.1. The Labute approximate surface area is 136 Å². The van der Waals surface area contributed by atoms with Crippen LogP contribution in [0.3, 0.4) is 0 Å². The maximum atomic E-state index is 12.1. The number of hydrogen-bond donors (Lipinski definition) is 1. The molecule has 1 aromatic rings. The lowest BCUT2D eigenvalue weighted by Gasteiger charge is -2.22. The Morgan fingerprint density at radius 1 is 1.24 bits per heavy atom. The van der Waals surface area contributed by atoms with E-state index in [0.29, 0.717) is 12.3 Å². The Balaban J connectivity index is 2.63. The van der Waals surface area contributed by atoms with E-state index in [1.54, 1.807) is 0 Å². The number of rotatable bonds is 6. The average molecular weight is 386 g/mol. The summed E-state index contributed by atoms with van der Waals surface area (Å²) in [6.45, 7) is 6.74. The average Bonchev–Trinajstić information content (AvgIpc) is 2.31. The van der Waals surface area contributed by atoms with Gasteiger partial charge in [-0.15, -0.1) is 0 Å². The van der Waals surface area contributed by atoms with Gasteiger partial charge in [0, 0.05) is 23.4 Å². The quantitative estimate of drug-likeness (QED) is 0.698. The summed E-state index contributed by atoms with van der Waals surface area (Å²) in [5.74, 6) is 0.466. The number of hydrogen-bond acceptors (Lipinski definition) is 3. The molecule has 0 atom stereocenters. The molecule has 0 amide bonds. The lowest BCUT2D eigenvalue weighted by molar-refractivity contribution is -0.0329. The Morgan fingerprint density at radius 2 is 1.90 bits per heavy atom. The van der Waals surface area contributed by atoms with E-state index < -0.39 is 5.51 Å². The zero-order valence-corrected chi connectivity index (χ0v) is 14.6. The zero-order valence-electron chi connectivity index (χ0n) is 12.2. The van der Waals surface area contributed by atoms with Crippen LogP contribution in [0.2, 0.25) is 0 Å². The van der Waals surface area contributed by atoms with Crippen LogP contribution in [0.25, 0.3) is 0 Å². The highest BCUT2D eigenvalue weighted by Crippen LogP contribution is 2.32. The van der Waals surface area contributed by atoms with Crippen LogP contribution >= 0.6 is 27.7 Å². The minimum Gasteiger partial charge on any atom is -0.491 e. The molecule has 21 heavy (non-hydrogen) atoms. The third-order valence-corrected chi connectivity index (χ3v) is 3.78. The van der Waals surface area contributed by atoms with Crippen LogP contribution in [0.5, 0.6) is 5.75 Å². The first-order valence-corrected chi connectivity index (χ1v) is 8.22. The van der Waals surface area contributed by atoms with E-state index in [2.05, 4.69) is 21.2 Å². The van der Waals surface area contributed by atoms with Gasteiger partial charge in [-0.2, -0.15) is 13.2 Å². The summed E-state index contributed by atoms with van der Waals surface area (Å²) in [7, 11) is 0. The first kappa shape index (κ1) is 18.6. The molecule has 0 saturated carbocycles. The van der Waals surface area contributed by atoms with E-state index in [1.807, 2.05) is 39.0 Å². The van der Waals surface area contributed by atoms with Crippen molar-refractivity contribution in [3.8, 4) is 5.75 Å². The third kappa shape index (κ3) is 7.97. The summed E-state index contributed by atoms with van der Waals surface area (Å²) in [5.41, 5.74) is -3.35. The largest absolute Gasteiger partial charge is 0.491 e. The Kier molecular flexibility index (Phi) is 6.87. The maximum absolute atomic E-state index is 12.1. The lowest BCUT2D eigenvalue weighted by Crippen LogP contribution is -2.35. The van der Waals surface area contributed by atoms with E-state index in [1.165, 1.54) is 0 Å². The van der Waals surface area contributed by atoms with Crippen LogP contribution in [0, 0.1) is 0 Å². The van der Waals surface area contributed by atoms with Gasteiger partial charge >= 0.3 is 5.51 Å². The molecule has 1 aromatic carbocycles. The van der Waals surface area contributed by atoms with Crippen LogP contribution in [-0.4, -0.2) is 23.4 Å². The molecule has 0 aliphatic carbocycles. The highest BCUT2D eigenvalue weighted by atomic mass is 79.9. The second-order valence-electron chi connectivity index (χ2n) is 5.47. The van der Waals surface area contributed by atoms with Gasteiger partial charge in [0.15, 0.2) is 0 Å². The molecule has 0 fully saturated rings. The van der Waals surface area contributed by atoms with Gasteiger partial charge in [-0.3, -0.25) is 0 Å². The summed E-state index contributed by atoms with van der Waals surface area (Å²) in [4.78, 5) is 0. The van der Waals surface area contributed by atoms with Crippen molar-refractivity contribution >= 4 is 27.7 Å². The molecule has 0 spiro atoms. The van der Waals surface area contributed by atoms with Gasteiger partial charge in [0.05, 0.1) is 11.1 Å². The van der Waals surface area contributed by atoms with Crippen molar-refractivity contribution in [1.82, 2.24) is 5.32 Å². The molecule has 0 unspecified atom stereocenters. The molecule has 7 heteroatoms. The van der Waals surface area contributed by atoms with Crippen LogP contribution < -0.4 is 10.1 Å². The normalized spacial score (nSPS) is 12.5. The van der Waals surface area contributed by atoms with Crippen LogP contribution in [0.4, 0.5) is 13.2 Å². The van der Waals surface area contributed by atoms with Crippen molar-refractivity contribution < 1.29 is 17.9 Å². The first-order chi connectivity index (χ1) is 9.58. The van der Waals surface area contributed by atoms with Gasteiger partial charge in [-0.25, -0.2) is 0 Å². The van der Waals surface area contributed by atoms with Gasteiger partial charge in [0.2, 0.25) is 0 Å². The highest BCUT2D eigenvalue weighted by molar-refractivity contribution is 9.10. The molecular weight excluding hydrogens is 367 g/mol. The summed E-state index contributed by atoms with van der Waals surface area (Å²) >= 11 is 3.30. The summed E-state index contributed by atoms with van der Waals surface area (Å²) in [5, 5.41) is 3.33. The highest BCUT2D eigenvalue weighted by Gasteiger charge is 2.27. The smallest absolute Gasteiger partial charge is 0.441 e. The Bertz CT molecular complexity index is 461. The van der Waals surface area contributed by atoms with E-state index in [-0.39, 0.29) is 29.7 Å². The Morgan fingerprint density at radius 3 is 2.48 bits per heavy atom. The van der Waals surface area contributed by atoms with E-state index in [9.17, 15) is 13.2 Å². The molecule has 0 aliphatic heterocycles. The third-order valence-electron chi connectivity index (χ3n) is 2.45. The van der Waals surface area contributed by atoms with Crippen molar-refractivity contribution in [1.29, 1.82) is 0 Å². The van der Waals surface area contributed by atoms with Gasteiger partial charge in [-0.1, -0.05) is 12.1 Å². The summed E-state index contributed by atoms with van der Waals surface area (Å²) in [6, 6.07) is 5.59. The zero-order chi connectivity index (χ0) is 16.1. The SMILES string of the molecule is CC(C)(C)NCc1cccc(Br)c1OCCSC(F)(F)F. The molecule has 0 heterocycles. The van der Waals surface area contributed by atoms with E-state index in [4.69, 9.17) is 4.74 Å². The predicted octanol–water partition coefficient (Wildman–Crippen LogP) is 4.97. The fourth-order valence-corrected chi connectivity index (χ4v) is 2.44. The van der Waals surface area contributed by atoms with Gasteiger partial charge in [0.1, 0.15) is 5.75 Å². The fraction of sp³-hybridized carbons (Fsp3) is 0.571. The standard InChI is InChI=1S/C14H19BrF3NOS/c1-13(2,3)19-9-10-5-4-6-11(15)12(10)20-7-8-21-14(16,17)18/h4-6,19H,7-9H2,1-3H3. The van der Waals surface area contributed by atoms with Gasteiger partial charge in [0.25, 0.3) is 0 Å². The molecule has 0 radical (unpaired) electrons. The molecule has 0 saturated heterocycles. The second kappa shape index (κ2) is 7.74. The second-order valence-corrected chi connectivity index (χ2v) is 7.49. The first-order valence-electron chi connectivity index (χ1n) is 6.44. The van der Waals surface area contributed by atoms with Gasteiger partial charge < -0.3 is 10.1 Å². The molecule has 1 rings (SSSR count). The maximum Gasteiger partial charge on any atom is 0.441 e. The molecule has 2 nitrogen and oxygen atoms in total. The molecular formula is C14H19BrF3NOS. The van der Waals surface area contributed by atoms with E-state index in [0.717, 1.165) is 10.0 Å². The number of benzene rings is 1. The van der Waals surface area contributed by atoms with Crippen LogP contribution in [-0.2, 0) is 6.54 Å². The topological polar surface area (TPSA) is 21.3 Å². The molecule has 120 valence electrons. The van der Waals surface area contributed by atoms with Gasteiger partial charge in [-0.05, 0) is 54.5 Å². The molecule has 1 N–H and O–H groups in total. The number of alkyl halides is 3. The monoisotopic (exact) mass is 385 g/mol. The summed E-state index contributed by atoms with van der Waals surface area (Å²) < 4.78 is 42.5. The molecule has 0 aromatic heterocycles. The summed E-state index contributed by atoms with van der Waals surface area (Å²) in [6.07, 6.45) is 0. The predicted molar refractivity (Wildman–Crippen MR) is 84.7 cm³/mol. The number of ether oxygens (including phenoxy) is 1. The van der Waals surface area contributed by atoms with Crippen molar-refractivity contribution in [2.75, 3.05) is 12.4 Å². The van der Waals surface area contributed by atoms with Crippen LogP contribution in [0.1, 0.15) is 26.3 Å². The number of halogens is 4. The Hall–Kier alpha value is -0.400. The fourth-order valence-electron chi connectivity index (χ4n) is 1.52. The number of nitrogens with one attached hydrogen (secondary N) is 1. The molecule has 0 aliphatic rings. The van der Waals surface area contributed by atoms with Crippen molar-refractivity contribution in [3.05, 3.63) is 28.2 Å². The minimum atomic E-state index is -4.21. The van der Waals surface area contributed by atoms with Crippen LogP contribution in [0.15, 0.2) is 22.7 Å². The van der Waals surface area contributed by atoms with Crippen molar-refractivity contribution in [2.24, 2.45) is 0 Å². The van der Waals surface area contributed by atoms with Crippen molar-refractivity contribution in [3.63, 3.8) is 0 Å².